The number of Topliss-reactive ketones (excluding diaryl/α,β-unsaturated/α-hetero) is 1. The van der Waals surface area contributed by atoms with Crippen LogP contribution in [0.2, 0.25) is 0 Å². The quantitative estimate of drug-likeness (QED) is 0.191. The molecular formula is C36H50FN3O4. The summed E-state index contributed by atoms with van der Waals surface area (Å²) in [5.74, 6) is 1.10. The molecule has 0 fully saturated rings. The Morgan fingerprint density at radius 3 is 1.93 bits per heavy atom. The largest absolute Gasteiger partial charge is 0.457 e. The number of hydrogen-bond donors (Lipinski definition) is 3. The normalized spacial score (nSPS) is 10.6. The number of ether oxygens (including phenoxy) is 1. The number of amides is 2. The van der Waals surface area contributed by atoms with Crippen LogP contribution >= 0.6 is 0 Å². The van der Waals surface area contributed by atoms with Gasteiger partial charge in [0.05, 0.1) is 0 Å². The number of primary amides is 2. The van der Waals surface area contributed by atoms with Gasteiger partial charge in [-0.2, -0.15) is 0 Å². The Morgan fingerprint density at radius 1 is 0.909 bits per heavy atom. The third kappa shape index (κ3) is 11.8. The summed E-state index contributed by atoms with van der Waals surface area (Å²) in [5, 5.41) is 3.12. The van der Waals surface area contributed by atoms with Crippen molar-refractivity contribution in [3.63, 3.8) is 0 Å². The number of para-hydroxylation sites is 1. The minimum atomic E-state index is -0.656. The van der Waals surface area contributed by atoms with E-state index in [-0.39, 0.29) is 17.5 Å². The molecule has 5 N–H and O–H groups in total. The zero-order chi connectivity index (χ0) is 33.4. The van der Waals surface area contributed by atoms with Crippen LogP contribution in [-0.4, -0.2) is 24.1 Å². The first-order chi connectivity index (χ1) is 20.7. The molecular weight excluding hydrogens is 557 g/mol. The number of rotatable bonds is 12. The molecule has 3 rings (SSSR count). The van der Waals surface area contributed by atoms with E-state index in [9.17, 15) is 18.8 Å². The van der Waals surface area contributed by atoms with E-state index in [2.05, 4.69) is 37.0 Å². The number of carbonyl (C=O) groups is 3. The summed E-state index contributed by atoms with van der Waals surface area (Å²) in [7, 11) is 0. The van der Waals surface area contributed by atoms with E-state index in [1.807, 2.05) is 39.8 Å². The number of halogens is 1. The molecule has 0 aliphatic heterocycles. The van der Waals surface area contributed by atoms with E-state index in [1.165, 1.54) is 31.5 Å². The van der Waals surface area contributed by atoms with Crippen molar-refractivity contribution in [3.05, 3.63) is 88.7 Å². The van der Waals surface area contributed by atoms with Gasteiger partial charge in [0.15, 0.2) is 0 Å². The highest BCUT2D eigenvalue weighted by Crippen LogP contribution is 2.36. The van der Waals surface area contributed by atoms with Gasteiger partial charge >= 0.3 is 0 Å². The molecule has 0 radical (unpaired) electrons. The van der Waals surface area contributed by atoms with E-state index < -0.39 is 11.3 Å². The van der Waals surface area contributed by atoms with Gasteiger partial charge in [-0.25, -0.2) is 4.39 Å². The number of ketones is 1. The lowest BCUT2D eigenvalue weighted by atomic mass is 9.78. The summed E-state index contributed by atoms with van der Waals surface area (Å²) in [4.78, 5) is 32.0. The smallest absolute Gasteiger partial charge is 0.248 e. The molecule has 0 atom stereocenters. The highest BCUT2D eigenvalue weighted by molar-refractivity contribution is 5.92. The van der Waals surface area contributed by atoms with Crippen molar-refractivity contribution in [2.24, 2.45) is 11.5 Å². The van der Waals surface area contributed by atoms with Crippen molar-refractivity contribution in [2.45, 2.75) is 92.4 Å². The molecule has 0 unspecified atom stereocenters. The Hall–Kier alpha value is -4.20. The second-order valence-corrected chi connectivity index (χ2v) is 11.3. The maximum Gasteiger partial charge on any atom is 0.248 e. The summed E-state index contributed by atoms with van der Waals surface area (Å²) in [6, 6.07) is 18.1. The first kappa shape index (κ1) is 37.8. The van der Waals surface area contributed by atoms with Crippen LogP contribution in [0.15, 0.2) is 60.7 Å². The van der Waals surface area contributed by atoms with Crippen molar-refractivity contribution in [3.8, 4) is 11.5 Å². The number of nitrogens with one attached hydrogen (secondary N) is 1. The third-order valence-electron chi connectivity index (χ3n) is 7.29. The number of anilines is 1. The molecule has 3 aromatic carbocycles. The zero-order valence-corrected chi connectivity index (χ0v) is 27.6. The summed E-state index contributed by atoms with van der Waals surface area (Å²) in [5.41, 5.74) is 13.3. The van der Waals surface area contributed by atoms with Crippen molar-refractivity contribution < 1.29 is 23.5 Å². The molecule has 3 aromatic rings. The van der Waals surface area contributed by atoms with Gasteiger partial charge in [0.1, 0.15) is 23.1 Å². The molecule has 0 aromatic heterocycles. The molecule has 0 spiro atoms. The molecule has 2 amide bonds. The Balaban J connectivity index is 0.000000406. The topological polar surface area (TPSA) is 125 Å². The van der Waals surface area contributed by atoms with Crippen LogP contribution in [0, 0.1) is 12.7 Å². The monoisotopic (exact) mass is 607 g/mol. The number of carbonyl (C=O) groups excluding carboxylic acids is 3. The van der Waals surface area contributed by atoms with E-state index in [0.29, 0.717) is 17.2 Å². The van der Waals surface area contributed by atoms with Gasteiger partial charge in [-0.1, -0.05) is 44.9 Å². The maximum atomic E-state index is 13.6. The van der Waals surface area contributed by atoms with E-state index >= 15 is 0 Å². The van der Waals surface area contributed by atoms with E-state index in [4.69, 9.17) is 10.5 Å². The first-order valence-corrected chi connectivity index (χ1v) is 15.2. The fourth-order valence-corrected chi connectivity index (χ4v) is 4.77. The standard InChI is InChI=1S/C20H25NO2.C14H20FNO.C2H5NO/c1-3-7-15(8-4-2)18-9-5-6-10-19(18)23-17-13-11-16(12-14-17)20(21)22;1-6-16-13-8-11(15)7-12(9(13)2)14(4,5)10(3)17;1-2(3)4/h5-6,9-15H,3-4,7-8H2,1-2H3,(H2,21,22);7-8,16H,6H2,1-5H3;1H3,(H2,3,4). The molecule has 240 valence electrons. The predicted molar refractivity (Wildman–Crippen MR) is 178 cm³/mol. The second kappa shape index (κ2) is 18.5. The van der Waals surface area contributed by atoms with Crippen molar-refractivity contribution in [2.75, 3.05) is 11.9 Å². The molecule has 0 bridgehead atoms. The average molecular weight is 608 g/mol. The molecule has 0 aliphatic rings. The lowest BCUT2D eigenvalue weighted by molar-refractivity contribution is -0.121. The van der Waals surface area contributed by atoms with Gasteiger partial charge in [-0.15, -0.1) is 0 Å². The second-order valence-electron chi connectivity index (χ2n) is 11.3. The van der Waals surface area contributed by atoms with Crippen molar-refractivity contribution in [1.82, 2.24) is 0 Å². The Bertz CT molecular complexity index is 1360. The van der Waals surface area contributed by atoms with Crippen molar-refractivity contribution >= 4 is 23.3 Å². The summed E-state index contributed by atoms with van der Waals surface area (Å²) in [6.45, 7) is 15.5. The highest BCUT2D eigenvalue weighted by Gasteiger charge is 2.29. The molecule has 7 nitrogen and oxygen atoms in total. The number of hydrogen-bond acceptors (Lipinski definition) is 5. The van der Waals surface area contributed by atoms with E-state index in [0.717, 1.165) is 54.8 Å². The molecule has 0 heterocycles. The molecule has 0 saturated heterocycles. The Morgan fingerprint density at radius 2 is 1.45 bits per heavy atom. The lowest BCUT2D eigenvalue weighted by Crippen LogP contribution is -2.28. The molecule has 44 heavy (non-hydrogen) atoms. The van der Waals surface area contributed by atoms with Crippen LogP contribution in [0.5, 0.6) is 11.5 Å². The third-order valence-corrected chi connectivity index (χ3v) is 7.29. The number of benzene rings is 3. The first-order valence-electron chi connectivity index (χ1n) is 15.2. The van der Waals surface area contributed by atoms with Crippen molar-refractivity contribution in [1.29, 1.82) is 0 Å². The van der Waals surface area contributed by atoms with Crippen LogP contribution < -0.4 is 21.5 Å². The number of nitrogens with two attached hydrogens (primary N) is 2. The fraction of sp³-hybridized carbons (Fsp3) is 0.417. The van der Waals surface area contributed by atoms with Gasteiger partial charge < -0.3 is 21.5 Å². The van der Waals surface area contributed by atoms with Crippen LogP contribution in [0.4, 0.5) is 10.1 Å². The summed E-state index contributed by atoms with van der Waals surface area (Å²) in [6.07, 6.45) is 4.64. The molecule has 0 saturated carbocycles. The molecule has 0 aliphatic carbocycles. The summed E-state index contributed by atoms with van der Waals surface area (Å²) < 4.78 is 19.6. The predicted octanol–water partition coefficient (Wildman–Crippen LogP) is 8.19. The van der Waals surface area contributed by atoms with Gasteiger partial charge in [-0.3, -0.25) is 14.4 Å². The lowest BCUT2D eigenvalue weighted by Gasteiger charge is -2.25. The minimum absolute atomic E-state index is 0.0358. The highest BCUT2D eigenvalue weighted by atomic mass is 19.1. The zero-order valence-electron chi connectivity index (χ0n) is 27.6. The van der Waals surface area contributed by atoms with Gasteiger partial charge in [0, 0.05) is 30.1 Å². The maximum absolute atomic E-state index is 13.6. The minimum Gasteiger partial charge on any atom is -0.457 e. The van der Waals surface area contributed by atoms with E-state index in [1.54, 1.807) is 24.3 Å². The van der Waals surface area contributed by atoms with Gasteiger partial charge in [0.2, 0.25) is 11.8 Å². The fourth-order valence-electron chi connectivity index (χ4n) is 4.77. The van der Waals surface area contributed by atoms with Crippen LogP contribution in [0.1, 0.15) is 107 Å². The van der Waals surface area contributed by atoms with Crippen LogP contribution in [0.25, 0.3) is 0 Å². The summed E-state index contributed by atoms with van der Waals surface area (Å²) >= 11 is 0. The average Bonchev–Trinajstić information content (AvgIpc) is 2.95. The van der Waals surface area contributed by atoms with Gasteiger partial charge in [0.25, 0.3) is 0 Å². The SMILES string of the molecule is CC(N)=O.CCCC(CCC)c1ccccc1Oc1ccc(C(N)=O)cc1.CCNc1cc(F)cc(C(C)(C)C(C)=O)c1C. The Kier molecular flexibility index (Phi) is 15.9. The van der Waals surface area contributed by atoms with Gasteiger partial charge in [-0.05, 0) is 113 Å². The van der Waals surface area contributed by atoms with Crippen LogP contribution in [0.3, 0.4) is 0 Å². The molecule has 8 heteroatoms. The van der Waals surface area contributed by atoms with Crippen LogP contribution in [-0.2, 0) is 15.0 Å². The Labute approximate surface area is 262 Å².